The average Bonchev–Trinajstić information content (AvgIpc) is 2.70. The number of hydrogen-bond acceptors (Lipinski definition) is 4. The van der Waals surface area contributed by atoms with Crippen LogP contribution in [0.25, 0.3) is 10.8 Å². The molecule has 0 saturated heterocycles. The normalized spacial score (nSPS) is 10.4. The summed E-state index contributed by atoms with van der Waals surface area (Å²) in [6.45, 7) is -0.428. The number of hydrogen-bond donors (Lipinski definition) is 1. The molecule has 0 spiro atoms. The summed E-state index contributed by atoms with van der Waals surface area (Å²) in [4.78, 5) is 24.3. The Morgan fingerprint density at radius 2 is 1.67 bits per heavy atom. The Labute approximate surface area is 155 Å². The number of esters is 1. The molecule has 0 saturated carbocycles. The zero-order chi connectivity index (χ0) is 19.2. The highest BCUT2D eigenvalue weighted by molar-refractivity contribution is 6.06. The molecular weight excluding hydrogens is 349 g/mol. The molecule has 0 unspecified atom stereocenters. The van der Waals surface area contributed by atoms with E-state index in [4.69, 9.17) is 9.47 Å². The van der Waals surface area contributed by atoms with Gasteiger partial charge in [-0.3, -0.25) is 4.79 Å². The summed E-state index contributed by atoms with van der Waals surface area (Å²) in [6.07, 6.45) is 0. The third kappa shape index (κ3) is 4.23. The van der Waals surface area contributed by atoms with Crippen molar-refractivity contribution in [2.24, 2.45) is 0 Å². The van der Waals surface area contributed by atoms with E-state index in [2.05, 4.69) is 5.32 Å². The number of halogens is 1. The van der Waals surface area contributed by atoms with Crippen LogP contribution >= 0.6 is 0 Å². The smallest absolute Gasteiger partial charge is 0.339 e. The van der Waals surface area contributed by atoms with Gasteiger partial charge in [0.1, 0.15) is 11.6 Å². The number of amides is 1. The van der Waals surface area contributed by atoms with Gasteiger partial charge < -0.3 is 14.8 Å². The van der Waals surface area contributed by atoms with Crippen LogP contribution in [-0.2, 0) is 16.1 Å². The molecule has 0 aromatic heterocycles. The van der Waals surface area contributed by atoms with Crippen LogP contribution in [0.15, 0.2) is 60.7 Å². The average molecular weight is 367 g/mol. The van der Waals surface area contributed by atoms with Crippen LogP contribution < -0.4 is 10.1 Å². The van der Waals surface area contributed by atoms with E-state index in [9.17, 15) is 14.0 Å². The second-order valence-corrected chi connectivity index (χ2v) is 5.81. The van der Waals surface area contributed by atoms with E-state index in [0.29, 0.717) is 22.3 Å². The molecule has 0 aliphatic rings. The number of methoxy groups -OCH3 is 1. The number of ether oxygens (including phenoxy) is 2. The van der Waals surface area contributed by atoms with Crippen molar-refractivity contribution < 1.29 is 23.5 Å². The monoisotopic (exact) mass is 367 g/mol. The molecule has 3 aromatic rings. The maximum atomic E-state index is 13.5. The van der Waals surface area contributed by atoms with Crippen molar-refractivity contribution in [1.82, 2.24) is 5.32 Å². The Kier molecular flexibility index (Phi) is 5.66. The van der Waals surface area contributed by atoms with Gasteiger partial charge in [-0.25, -0.2) is 9.18 Å². The van der Waals surface area contributed by atoms with Crippen molar-refractivity contribution in [3.63, 3.8) is 0 Å². The van der Waals surface area contributed by atoms with Crippen LogP contribution in [-0.4, -0.2) is 25.6 Å². The van der Waals surface area contributed by atoms with E-state index in [1.54, 1.807) is 49.6 Å². The Morgan fingerprint density at radius 3 is 2.41 bits per heavy atom. The number of rotatable bonds is 6. The first-order chi connectivity index (χ1) is 13.1. The van der Waals surface area contributed by atoms with Gasteiger partial charge in [0.25, 0.3) is 5.91 Å². The fraction of sp³-hybridized carbons (Fsp3) is 0.143. The van der Waals surface area contributed by atoms with Gasteiger partial charge in [-0.1, -0.05) is 42.5 Å². The summed E-state index contributed by atoms with van der Waals surface area (Å²) in [5.74, 6) is -0.886. The van der Waals surface area contributed by atoms with E-state index in [0.717, 1.165) is 5.39 Å². The van der Waals surface area contributed by atoms with Crippen LogP contribution in [0.3, 0.4) is 0 Å². The van der Waals surface area contributed by atoms with E-state index in [1.165, 1.54) is 6.07 Å². The van der Waals surface area contributed by atoms with E-state index in [-0.39, 0.29) is 6.54 Å². The third-order valence-electron chi connectivity index (χ3n) is 4.09. The zero-order valence-electron chi connectivity index (χ0n) is 14.7. The van der Waals surface area contributed by atoms with E-state index in [1.807, 2.05) is 12.1 Å². The van der Waals surface area contributed by atoms with Crippen LogP contribution in [0.2, 0.25) is 0 Å². The molecule has 138 valence electrons. The minimum Gasteiger partial charge on any atom is -0.496 e. The predicted molar refractivity (Wildman–Crippen MR) is 99.0 cm³/mol. The standard InChI is InChI=1S/C21H18FNO4/c1-26-19-11-10-17(15-7-3-4-8-16(15)19)21(25)27-13-20(24)23-12-14-6-2-5-9-18(14)22/h2-11H,12-13H2,1H3,(H,23,24). The first-order valence-corrected chi connectivity index (χ1v) is 8.33. The second kappa shape index (κ2) is 8.31. The highest BCUT2D eigenvalue weighted by Gasteiger charge is 2.15. The Morgan fingerprint density at radius 1 is 0.963 bits per heavy atom. The zero-order valence-corrected chi connectivity index (χ0v) is 14.7. The highest BCUT2D eigenvalue weighted by Crippen LogP contribution is 2.28. The number of carbonyl (C=O) groups excluding carboxylic acids is 2. The van der Waals surface area contributed by atoms with Crippen LogP contribution in [0, 0.1) is 5.82 Å². The third-order valence-corrected chi connectivity index (χ3v) is 4.09. The molecule has 0 atom stereocenters. The summed E-state index contributed by atoms with van der Waals surface area (Å²) in [5, 5.41) is 3.98. The predicted octanol–water partition coefficient (Wildman–Crippen LogP) is 3.46. The molecule has 5 nitrogen and oxygen atoms in total. The lowest BCUT2D eigenvalue weighted by Crippen LogP contribution is -2.28. The number of nitrogens with one attached hydrogen (secondary N) is 1. The van der Waals surface area contributed by atoms with Gasteiger partial charge in [-0.05, 0) is 23.6 Å². The van der Waals surface area contributed by atoms with Crippen LogP contribution in [0.1, 0.15) is 15.9 Å². The fourth-order valence-electron chi connectivity index (χ4n) is 2.72. The SMILES string of the molecule is COc1ccc(C(=O)OCC(=O)NCc2ccccc2F)c2ccccc12. The Bertz CT molecular complexity index is 987. The molecule has 3 rings (SSSR count). The summed E-state index contributed by atoms with van der Waals surface area (Å²) < 4.78 is 23.9. The van der Waals surface area contributed by atoms with E-state index < -0.39 is 24.3 Å². The first kappa shape index (κ1) is 18.4. The van der Waals surface area contributed by atoms with Crippen molar-refractivity contribution in [3.8, 4) is 5.75 Å². The van der Waals surface area contributed by atoms with Gasteiger partial charge in [0.15, 0.2) is 6.61 Å². The van der Waals surface area contributed by atoms with Gasteiger partial charge in [0.2, 0.25) is 0 Å². The fourth-order valence-corrected chi connectivity index (χ4v) is 2.72. The summed E-state index contributed by atoms with van der Waals surface area (Å²) >= 11 is 0. The molecule has 0 bridgehead atoms. The molecule has 1 N–H and O–H groups in total. The van der Waals surface area contributed by atoms with Crippen molar-refractivity contribution >= 4 is 22.6 Å². The van der Waals surface area contributed by atoms with Crippen molar-refractivity contribution in [2.75, 3.05) is 13.7 Å². The molecule has 0 fully saturated rings. The molecule has 1 amide bonds. The molecule has 27 heavy (non-hydrogen) atoms. The van der Waals surface area contributed by atoms with E-state index >= 15 is 0 Å². The minimum absolute atomic E-state index is 0.0223. The lowest BCUT2D eigenvalue weighted by Gasteiger charge is -2.11. The van der Waals surface area contributed by atoms with Crippen LogP contribution in [0.4, 0.5) is 4.39 Å². The number of benzene rings is 3. The topological polar surface area (TPSA) is 64.6 Å². The molecular formula is C21H18FNO4. The highest BCUT2D eigenvalue weighted by atomic mass is 19.1. The van der Waals surface area contributed by atoms with Gasteiger partial charge in [0.05, 0.1) is 12.7 Å². The largest absolute Gasteiger partial charge is 0.496 e. The van der Waals surface area contributed by atoms with Crippen molar-refractivity contribution in [1.29, 1.82) is 0 Å². The summed E-state index contributed by atoms with van der Waals surface area (Å²) in [5.41, 5.74) is 0.701. The maximum Gasteiger partial charge on any atom is 0.339 e. The Balaban J connectivity index is 1.63. The molecule has 0 aliphatic heterocycles. The van der Waals surface area contributed by atoms with Gasteiger partial charge in [-0.2, -0.15) is 0 Å². The molecule has 0 radical (unpaired) electrons. The van der Waals surface area contributed by atoms with Crippen molar-refractivity contribution in [3.05, 3.63) is 77.6 Å². The van der Waals surface area contributed by atoms with Gasteiger partial charge >= 0.3 is 5.97 Å². The first-order valence-electron chi connectivity index (χ1n) is 8.33. The summed E-state index contributed by atoms with van der Waals surface area (Å²) in [7, 11) is 1.56. The molecule has 3 aromatic carbocycles. The molecule has 0 heterocycles. The number of carbonyl (C=O) groups is 2. The van der Waals surface area contributed by atoms with Crippen LogP contribution in [0.5, 0.6) is 5.75 Å². The minimum atomic E-state index is -0.616. The Hall–Kier alpha value is -3.41. The number of fused-ring (bicyclic) bond motifs is 1. The lowest BCUT2D eigenvalue weighted by atomic mass is 10.0. The van der Waals surface area contributed by atoms with Gasteiger partial charge in [0, 0.05) is 17.5 Å². The molecule has 0 aliphatic carbocycles. The quantitative estimate of drug-likeness (QED) is 0.678. The second-order valence-electron chi connectivity index (χ2n) is 5.81. The maximum absolute atomic E-state index is 13.5. The lowest BCUT2D eigenvalue weighted by molar-refractivity contribution is -0.124. The van der Waals surface area contributed by atoms with Gasteiger partial charge in [-0.15, -0.1) is 0 Å². The summed E-state index contributed by atoms with van der Waals surface area (Å²) in [6, 6.07) is 16.7. The van der Waals surface area contributed by atoms with Crippen molar-refractivity contribution in [2.45, 2.75) is 6.54 Å². The molecule has 6 heteroatoms.